The zero-order valence-corrected chi connectivity index (χ0v) is 12.9. The summed E-state index contributed by atoms with van der Waals surface area (Å²) >= 11 is 0. The predicted octanol–water partition coefficient (Wildman–Crippen LogP) is 2.59. The van der Waals surface area contributed by atoms with E-state index in [4.69, 9.17) is 4.74 Å². The van der Waals surface area contributed by atoms with Crippen LogP contribution in [0, 0.1) is 0 Å². The summed E-state index contributed by atoms with van der Waals surface area (Å²) in [5.41, 5.74) is 1.62. The molecule has 1 aromatic carbocycles. The maximum atomic E-state index is 12.4. The Hall–Kier alpha value is -2.73. The molecule has 1 heterocycles. The number of carbonyl (C=O) groups excluding carboxylic acids is 2. The third-order valence-corrected chi connectivity index (χ3v) is 3.10. The van der Waals surface area contributed by atoms with Gasteiger partial charge in [-0.2, -0.15) is 0 Å². The lowest BCUT2D eigenvalue weighted by Crippen LogP contribution is -2.17. The third kappa shape index (κ3) is 4.89. The number of hydrogen-bond donors (Lipinski definition) is 2. The Morgan fingerprint density at radius 3 is 2.74 bits per heavy atom. The van der Waals surface area contributed by atoms with Crippen molar-refractivity contribution in [3.8, 4) is 0 Å². The molecular weight excluding hydrogens is 294 g/mol. The normalized spacial score (nSPS) is 10.1. The maximum Gasteiger partial charge on any atom is 0.259 e. The second-order valence-corrected chi connectivity index (χ2v) is 4.72. The highest BCUT2D eigenvalue weighted by Gasteiger charge is 2.12. The van der Waals surface area contributed by atoms with E-state index >= 15 is 0 Å². The first-order valence-corrected chi connectivity index (χ1v) is 7.38. The lowest BCUT2D eigenvalue weighted by molar-refractivity contribution is 0.102. The number of carbonyl (C=O) groups is 2. The fourth-order valence-electron chi connectivity index (χ4n) is 1.96. The number of nitrogens with zero attached hydrogens (tertiary/aromatic N) is 1. The Kier molecular flexibility index (Phi) is 6.26. The summed E-state index contributed by atoms with van der Waals surface area (Å²) in [6, 6.07) is 10.1. The minimum atomic E-state index is -0.268. The van der Waals surface area contributed by atoms with Crippen molar-refractivity contribution in [2.45, 2.75) is 6.92 Å². The molecule has 2 N–H and O–H groups in total. The Morgan fingerprint density at radius 2 is 2.04 bits per heavy atom. The van der Waals surface area contributed by atoms with E-state index in [0.717, 1.165) is 6.29 Å². The van der Waals surface area contributed by atoms with Crippen LogP contribution in [-0.2, 0) is 4.74 Å². The molecule has 1 amide bonds. The Bertz CT molecular complexity index is 656. The molecule has 1 aromatic heterocycles. The standard InChI is InChI=1S/C17H19N3O3/c1-2-23-11-10-19-16-15(4-3-9-18-16)17(22)20-14-7-5-13(12-21)6-8-14/h3-9,12H,2,10-11H2,1H3,(H,18,19)(H,20,22). The molecule has 0 aliphatic rings. The van der Waals surface area contributed by atoms with Crippen LogP contribution >= 0.6 is 0 Å². The molecule has 23 heavy (non-hydrogen) atoms. The first-order chi connectivity index (χ1) is 11.2. The van der Waals surface area contributed by atoms with Crippen molar-refractivity contribution < 1.29 is 14.3 Å². The average molecular weight is 313 g/mol. The van der Waals surface area contributed by atoms with Gasteiger partial charge in [0.05, 0.1) is 12.2 Å². The van der Waals surface area contributed by atoms with Gasteiger partial charge in [0.15, 0.2) is 0 Å². The van der Waals surface area contributed by atoms with Crippen molar-refractivity contribution in [2.75, 3.05) is 30.4 Å². The molecule has 6 heteroatoms. The number of aromatic nitrogens is 1. The highest BCUT2D eigenvalue weighted by atomic mass is 16.5. The molecule has 0 aliphatic carbocycles. The first-order valence-electron chi connectivity index (χ1n) is 7.38. The van der Waals surface area contributed by atoms with Gasteiger partial charge in [0.25, 0.3) is 5.91 Å². The molecule has 0 bridgehead atoms. The van der Waals surface area contributed by atoms with E-state index < -0.39 is 0 Å². The largest absolute Gasteiger partial charge is 0.380 e. The summed E-state index contributed by atoms with van der Waals surface area (Å²) in [6.45, 7) is 3.68. The molecule has 0 radical (unpaired) electrons. The highest BCUT2D eigenvalue weighted by Crippen LogP contribution is 2.15. The van der Waals surface area contributed by atoms with E-state index in [1.54, 1.807) is 42.6 Å². The van der Waals surface area contributed by atoms with Crippen LogP contribution in [0.4, 0.5) is 11.5 Å². The second kappa shape index (κ2) is 8.65. The number of anilines is 2. The minimum Gasteiger partial charge on any atom is -0.380 e. The van der Waals surface area contributed by atoms with Gasteiger partial charge in [-0.15, -0.1) is 0 Å². The average Bonchev–Trinajstić information content (AvgIpc) is 2.59. The molecule has 2 rings (SSSR count). The van der Waals surface area contributed by atoms with E-state index in [1.807, 2.05) is 6.92 Å². The van der Waals surface area contributed by atoms with Crippen LogP contribution < -0.4 is 10.6 Å². The van der Waals surface area contributed by atoms with Gasteiger partial charge in [0.1, 0.15) is 12.1 Å². The number of nitrogens with one attached hydrogen (secondary N) is 2. The zero-order valence-electron chi connectivity index (χ0n) is 12.9. The molecule has 0 fully saturated rings. The minimum absolute atomic E-state index is 0.268. The first kappa shape index (κ1) is 16.6. The zero-order chi connectivity index (χ0) is 16.5. The van der Waals surface area contributed by atoms with E-state index in [-0.39, 0.29) is 5.91 Å². The van der Waals surface area contributed by atoms with Crippen molar-refractivity contribution >= 4 is 23.7 Å². The van der Waals surface area contributed by atoms with Gasteiger partial charge >= 0.3 is 0 Å². The van der Waals surface area contributed by atoms with Gasteiger partial charge < -0.3 is 15.4 Å². The SMILES string of the molecule is CCOCCNc1ncccc1C(=O)Nc1ccc(C=O)cc1. The maximum absolute atomic E-state index is 12.4. The quantitative estimate of drug-likeness (QED) is 0.578. The van der Waals surface area contributed by atoms with Crippen LogP contribution in [0.2, 0.25) is 0 Å². The van der Waals surface area contributed by atoms with Crippen LogP contribution in [0.5, 0.6) is 0 Å². The van der Waals surface area contributed by atoms with Crippen LogP contribution in [0.15, 0.2) is 42.6 Å². The summed E-state index contributed by atoms with van der Waals surface area (Å²) in [5.74, 6) is 0.241. The molecule has 0 spiro atoms. The van der Waals surface area contributed by atoms with Crippen molar-refractivity contribution in [1.29, 1.82) is 0 Å². The number of benzene rings is 1. The van der Waals surface area contributed by atoms with Gasteiger partial charge in [-0.05, 0) is 43.3 Å². The Morgan fingerprint density at radius 1 is 1.26 bits per heavy atom. The number of aldehydes is 1. The van der Waals surface area contributed by atoms with Crippen LogP contribution in [-0.4, -0.2) is 36.9 Å². The molecule has 0 aliphatic heterocycles. The van der Waals surface area contributed by atoms with Crippen molar-refractivity contribution in [3.63, 3.8) is 0 Å². The fraction of sp³-hybridized carbons (Fsp3) is 0.235. The summed E-state index contributed by atoms with van der Waals surface area (Å²) in [7, 11) is 0. The number of amides is 1. The molecule has 120 valence electrons. The second-order valence-electron chi connectivity index (χ2n) is 4.72. The van der Waals surface area contributed by atoms with E-state index in [1.165, 1.54) is 0 Å². The van der Waals surface area contributed by atoms with Gasteiger partial charge in [-0.3, -0.25) is 9.59 Å². The van der Waals surface area contributed by atoms with E-state index in [0.29, 0.717) is 42.4 Å². The molecule has 0 atom stereocenters. The third-order valence-electron chi connectivity index (χ3n) is 3.10. The monoisotopic (exact) mass is 313 g/mol. The van der Waals surface area contributed by atoms with Gasteiger partial charge in [0, 0.05) is 30.6 Å². The predicted molar refractivity (Wildman–Crippen MR) is 89.0 cm³/mol. The fourth-order valence-corrected chi connectivity index (χ4v) is 1.96. The topological polar surface area (TPSA) is 80.3 Å². The molecular formula is C17H19N3O3. The van der Waals surface area contributed by atoms with Crippen LogP contribution in [0.3, 0.4) is 0 Å². The molecule has 0 saturated carbocycles. The van der Waals surface area contributed by atoms with Crippen LogP contribution in [0.1, 0.15) is 27.6 Å². The van der Waals surface area contributed by atoms with Crippen molar-refractivity contribution in [3.05, 3.63) is 53.7 Å². The lowest BCUT2D eigenvalue weighted by Gasteiger charge is -2.11. The summed E-state index contributed by atoms with van der Waals surface area (Å²) in [5, 5.41) is 5.88. The van der Waals surface area contributed by atoms with Crippen molar-refractivity contribution in [2.24, 2.45) is 0 Å². The summed E-state index contributed by atoms with van der Waals surface area (Å²) < 4.78 is 5.25. The van der Waals surface area contributed by atoms with Gasteiger partial charge in [-0.25, -0.2) is 4.98 Å². The van der Waals surface area contributed by atoms with E-state index in [9.17, 15) is 9.59 Å². The highest BCUT2D eigenvalue weighted by molar-refractivity contribution is 6.07. The number of hydrogen-bond acceptors (Lipinski definition) is 5. The summed E-state index contributed by atoms with van der Waals surface area (Å²) in [6.07, 6.45) is 2.38. The molecule has 2 aromatic rings. The number of rotatable bonds is 8. The Balaban J connectivity index is 2.04. The van der Waals surface area contributed by atoms with Gasteiger partial charge in [-0.1, -0.05) is 0 Å². The number of ether oxygens (including phenoxy) is 1. The molecule has 0 saturated heterocycles. The van der Waals surface area contributed by atoms with Crippen LogP contribution in [0.25, 0.3) is 0 Å². The van der Waals surface area contributed by atoms with E-state index in [2.05, 4.69) is 15.6 Å². The molecule has 6 nitrogen and oxygen atoms in total. The smallest absolute Gasteiger partial charge is 0.259 e. The summed E-state index contributed by atoms with van der Waals surface area (Å²) in [4.78, 5) is 27.2. The van der Waals surface area contributed by atoms with Crippen molar-refractivity contribution in [1.82, 2.24) is 4.98 Å². The Labute approximate surface area is 134 Å². The number of pyridine rings is 1. The van der Waals surface area contributed by atoms with Gasteiger partial charge in [0.2, 0.25) is 0 Å². The lowest BCUT2D eigenvalue weighted by atomic mass is 10.2. The molecule has 0 unspecified atom stereocenters.